The van der Waals surface area contributed by atoms with Crippen molar-refractivity contribution in [1.29, 1.82) is 0 Å². The van der Waals surface area contributed by atoms with E-state index in [1.807, 2.05) is 24.0 Å². The Morgan fingerprint density at radius 3 is 2.95 bits per heavy atom. The van der Waals surface area contributed by atoms with Gasteiger partial charge in [0, 0.05) is 28.7 Å². The van der Waals surface area contributed by atoms with E-state index in [9.17, 15) is 0 Å². The van der Waals surface area contributed by atoms with Crippen LogP contribution >= 0.6 is 11.3 Å². The van der Waals surface area contributed by atoms with Crippen molar-refractivity contribution in [3.8, 4) is 0 Å². The Morgan fingerprint density at radius 2 is 2.15 bits per heavy atom. The predicted molar refractivity (Wildman–Crippen MR) is 84.0 cm³/mol. The maximum Gasteiger partial charge on any atom is 0.0794 e. The molecule has 0 amide bonds. The summed E-state index contributed by atoms with van der Waals surface area (Å²) in [5.41, 5.74) is 4.28. The Bertz CT molecular complexity index is 674. The fourth-order valence-electron chi connectivity index (χ4n) is 2.47. The van der Waals surface area contributed by atoms with Crippen LogP contribution in [0.2, 0.25) is 0 Å². The molecule has 102 valence electrons. The molecule has 1 atom stereocenters. The molecule has 0 fully saturated rings. The number of hydrogen-bond acceptors (Lipinski definition) is 4. The molecule has 0 aliphatic rings. The number of likely N-dealkylation sites (N-methyl/N-ethyl adjacent to an activating group) is 1. The summed E-state index contributed by atoms with van der Waals surface area (Å²) in [6.07, 6.45) is 4.81. The van der Waals surface area contributed by atoms with Crippen LogP contribution in [0.3, 0.4) is 0 Å². The molecule has 2 aromatic heterocycles. The van der Waals surface area contributed by atoms with Crippen LogP contribution in [0.15, 0.2) is 48.2 Å². The minimum atomic E-state index is 0.318. The highest BCUT2D eigenvalue weighted by molar-refractivity contribution is 7.09. The van der Waals surface area contributed by atoms with E-state index in [2.05, 4.69) is 46.5 Å². The van der Waals surface area contributed by atoms with Crippen molar-refractivity contribution >= 4 is 22.2 Å². The van der Waals surface area contributed by atoms with Gasteiger partial charge in [-0.1, -0.05) is 25.1 Å². The quantitative estimate of drug-likeness (QED) is 0.777. The van der Waals surface area contributed by atoms with Crippen LogP contribution in [0.5, 0.6) is 0 Å². The highest BCUT2D eigenvalue weighted by atomic mass is 32.1. The fourth-order valence-corrected chi connectivity index (χ4v) is 3.17. The van der Waals surface area contributed by atoms with E-state index in [1.165, 1.54) is 15.8 Å². The second-order valence-electron chi connectivity index (χ2n) is 4.71. The number of aromatic nitrogens is 2. The first-order valence-corrected chi connectivity index (χ1v) is 7.71. The lowest BCUT2D eigenvalue weighted by Crippen LogP contribution is -2.22. The number of hydrogen-bond donors (Lipinski definition) is 1. The van der Waals surface area contributed by atoms with Gasteiger partial charge in [-0.3, -0.25) is 9.97 Å². The van der Waals surface area contributed by atoms with Gasteiger partial charge in [-0.15, -0.1) is 11.3 Å². The van der Waals surface area contributed by atoms with Gasteiger partial charge < -0.3 is 5.32 Å². The molecule has 1 N–H and O–H groups in total. The van der Waals surface area contributed by atoms with E-state index in [-0.39, 0.29) is 0 Å². The Balaban J connectivity index is 1.94. The summed E-state index contributed by atoms with van der Waals surface area (Å²) in [4.78, 5) is 9.91. The van der Waals surface area contributed by atoms with Crippen LogP contribution in [0.25, 0.3) is 10.9 Å². The molecule has 0 saturated heterocycles. The number of thiazole rings is 1. The van der Waals surface area contributed by atoms with Crippen LogP contribution in [0.4, 0.5) is 0 Å². The number of fused-ring (bicyclic) bond motifs is 1. The lowest BCUT2D eigenvalue weighted by atomic mass is 10.0. The molecule has 0 aliphatic carbocycles. The average Bonchev–Trinajstić information content (AvgIpc) is 3.01. The molecular weight excluding hydrogens is 266 g/mol. The highest BCUT2D eigenvalue weighted by Gasteiger charge is 2.14. The van der Waals surface area contributed by atoms with E-state index in [0.29, 0.717) is 6.04 Å². The normalized spacial score (nSPS) is 12.7. The van der Waals surface area contributed by atoms with E-state index in [1.54, 1.807) is 11.3 Å². The molecule has 4 heteroatoms. The first-order valence-electron chi connectivity index (χ1n) is 6.83. The molecule has 0 bridgehead atoms. The van der Waals surface area contributed by atoms with Gasteiger partial charge in [0.05, 0.1) is 11.0 Å². The number of nitrogens with zero attached hydrogens (tertiary/aromatic N) is 2. The summed E-state index contributed by atoms with van der Waals surface area (Å²) >= 11 is 1.71. The molecule has 3 rings (SSSR count). The molecule has 20 heavy (non-hydrogen) atoms. The molecular formula is C16H17N3S. The first-order chi connectivity index (χ1) is 9.88. The van der Waals surface area contributed by atoms with Crippen molar-refractivity contribution in [2.75, 3.05) is 6.54 Å². The summed E-state index contributed by atoms with van der Waals surface area (Å²) < 4.78 is 0. The molecule has 0 saturated carbocycles. The third kappa shape index (κ3) is 2.71. The minimum Gasteiger partial charge on any atom is -0.309 e. The summed E-state index contributed by atoms with van der Waals surface area (Å²) in [7, 11) is 0. The maximum absolute atomic E-state index is 4.43. The lowest BCUT2D eigenvalue weighted by molar-refractivity contribution is 0.558. The Morgan fingerprint density at radius 1 is 1.25 bits per heavy atom. The fraction of sp³-hybridized carbons (Fsp3) is 0.250. The second-order valence-corrected chi connectivity index (χ2v) is 5.62. The third-order valence-corrected chi connectivity index (χ3v) is 4.30. The average molecular weight is 283 g/mol. The number of para-hydroxylation sites is 1. The summed E-state index contributed by atoms with van der Waals surface area (Å²) in [5.74, 6) is 0. The van der Waals surface area contributed by atoms with Gasteiger partial charge >= 0.3 is 0 Å². The van der Waals surface area contributed by atoms with Gasteiger partial charge in [-0.2, -0.15) is 0 Å². The largest absolute Gasteiger partial charge is 0.309 e. The Kier molecular flexibility index (Phi) is 4.04. The molecule has 3 nitrogen and oxygen atoms in total. The topological polar surface area (TPSA) is 37.8 Å². The Hall–Kier alpha value is -1.78. The highest BCUT2D eigenvalue weighted by Crippen LogP contribution is 2.25. The minimum absolute atomic E-state index is 0.318. The van der Waals surface area contributed by atoms with Crippen molar-refractivity contribution in [1.82, 2.24) is 15.3 Å². The van der Waals surface area contributed by atoms with Crippen molar-refractivity contribution < 1.29 is 0 Å². The number of nitrogens with one attached hydrogen (secondary N) is 1. The molecule has 0 aliphatic heterocycles. The molecule has 0 spiro atoms. The molecule has 2 heterocycles. The zero-order chi connectivity index (χ0) is 13.8. The molecule has 1 aromatic carbocycles. The SMILES string of the molecule is CCNC(Cc1ccnc2ccccc12)c1cncs1. The summed E-state index contributed by atoms with van der Waals surface area (Å²) in [5, 5.41) is 4.79. The van der Waals surface area contributed by atoms with Crippen LogP contribution in [0, 0.1) is 0 Å². The van der Waals surface area contributed by atoms with E-state index < -0.39 is 0 Å². The van der Waals surface area contributed by atoms with E-state index in [4.69, 9.17) is 0 Å². The summed E-state index contributed by atoms with van der Waals surface area (Å²) in [6.45, 7) is 3.09. The smallest absolute Gasteiger partial charge is 0.0794 e. The number of pyridine rings is 1. The van der Waals surface area contributed by atoms with Gasteiger partial charge in [-0.25, -0.2) is 0 Å². The second kappa shape index (κ2) is 6.11. The number of benzene rings is 1. The van der Waals surface area contributed by atoms with Gasteiger partial charge in [0.2, 0.25) is 0 Å². The van der Waals surface area contributed by atoms with Crippen molar-refractivity contribution in [3.63, 3.8) is 0 Å². The zero-order valence-corrected chi connectivity index (χ0v) is 12.2. The van der Waals surface area contributed by atoms with Gasteiger partial charge in [0.15, 0.2) is 0 Å². The summed E-state index contributed by atoms with van der Waals surface area (Å²) in [6, 6.07) is 10.7. The van der Waals surface area contributed by atoms with Crippen LogP contribution in [0.1, 0.15) is 23.4 Å². The maximum atomic E-state index is 4.43. The van der Waals surface area contributed by atoms with E-state index in [0.717, 1.165) is 18.5 Å². The number of rotatable bonds is 5. The predicted octanol–water partition coefficient (Wildman–Crippen LogP) is 3.58. The zero-order valence-electron chi connectivity index (χ0n) is 11.4. The molecule has 3 aromatic rings. The van der Waals surface area contributed by atoms with Crippen molar-refractivity contribution in [2.45, 2.75) is 19.4 Å². The van der Waals surface area contributed by atoms with E-state index >= 15 is 0 Å². The lowest BCUT2D eigenvalue weighted by Gasteiger charge is -2.17. The van der Waals surface area contributed by atoms with Crippen LogP contribution in [-0.4, -0.2) is 16.5 Å². The standard InChI is InChI=1S/C16H17N3S/c1-2-18-15(16-10-17-11-20-16)9-12-7-8-19-14-6-4-3-5-13(12)14/h3-8,10-11,15,18H,2,9H2,1H3. The van der Waals surface area contributed by atoms with Gasteiger partial charge in [0.1, 0.15) is 0 Å². The molecule has 0 radical (unpaired) electrons. The third-order valence-electron chi connectivity index (χ3n) is 3.41. The van der Waals surface area contributed by atoms with Crippen molar-refractivity contribution in [2.24, 2.45) is 0 Å². The Labute approximate surface area is 122 Å². The molecule has 1 unspecified atom stereocenters. The van der Waals surface area contributed by atoms with Crippen LogP contribution < -0.4 is 5.32 Å². The van der Waals surface area contributed by atoms with Crippen molar-refractivity contribution in [3.05, 3.63) is 58.7 Å². The van der Waals surface area contributed by atoms with Crippen LogP contribution in [-0.2, 0) is 6.42 Å². The van der Waals surface area contributed by atoms with Gasteiger partial charge in [0.25, 0.3) is 0 Å². The van der Waals surface area contributed by atoms with Gasteiger partial charge in [-0.05, 0) is 30.7 Å². The first kappa shape index (κ1) is 13.2. The monoisotopic (exact) mass is 283 g/mol.